The molecular formula is C25H33NO4. The van der Waals surface area contributed by atoms with Crippen molar-refractivity contribution >= 4 is 5.91 Å². The van der Waals surface area contributed by atoms with E-state index in [1.54, 1.807) is 0 Å². The number of carbonyl (C=O) groups is 1. The van der Waals surface area contributed by atoms with Crippen LogP contribution < -0.4 is 14.8 Å². The van der Waals surface area contributed by atoms with E-state index < -0.39 is 0 Å². The maximum Gasteiger partial charge on any atom is 0.257 e. The average molecular weight is 412 g/mol. The summed E-state index contributed by atoms with van der Waals surface area (Å²) in [6.07, 6.45) is 1.75. The highest BCUT2D eigenvalue weighted by Gasteiger charge is 2.35. The molecule has 1 fully saturated rings. The molecular weight excluding hydrogens is 378 g/mol. The van der Waals surface area contributed by atoms with E-state index in [1.807, 2.05) is 37.3 Å². The molecule has 0 unspecified atom stereocenters. The third-order valence-electron chi connectivity index (χ3n) is 5.75. The number of nitrogens with one attached hydrogen (secondary N) is 1. The minimum atomic E-state index is -0.129. The Morgan fingerprint density at radius 3 is 2.47 bits per heavy atom. The highest BCUT2D eigenvalue weighted by molar-refractivity contribution is 5.77. The minimum Gasteiger partial charge on any atom is -0.494 e. The third-order valence-corrected chi connectivity index (χ3v) is 5.75. The van der Waals surface area contributed by atoms with Crippen LogP contribution in [0.3, 0.4) is 0 Å². The molecule has 1 aliphatic rings. The van der Waals surface area contributed by atoms with Crippen molar-refractivity contribution in [1.29, 1.82) is 0 Å². The zero-order chi connectivity index (χ0) is 21.4. The molecule has 0 spiro atoms. The van der Waals surface area contributed by atoms with Gasteiger partial charge in [-0.1, -0.05) is 38.1 Å². The van der Waals surface area contributed by atoms with Crippen molar-refractivity contribution in [3.05, 3.63) is 59.7 Å². The molecule has 3 rings (SSSR count). The van der Waals surface area contributed by atoms with Crippen LogP contribution in [0.15, 0.2) is 48.5 Å². The molecule has 0 atom stereocenters. The van der Waals surface area contributed by atoms with Gasteiger partial charge in [0.05, 0.1) is 6.61 Å². The molecule has 1 N–H and O–H groups in total. The molecule has 1 amide bonds. The Morgan fingerprint density at radius 2 is 1.80 bits per heavy atom. The molecule has 1 heterocycles. The van der Waals surface area contributed by atoms with Crippen LogP contribution >= 0.6 is 0 Å². The van der Waals surface area contributed by atoms with Crippen LogP contribution in [0.2, 0.25) is 0 Å². The fourth-order valence-corrected chi connectivity index (χ4v) is 3.83. The van der Waals surface area contributed by atoms with Crippen molar-refractivity contribution in [2.75, 3.05) is 33.0 Å². The Balaban J connectivity index is 1.60. The number of rotatable bonds is 9. The summed E-state index contributed by atoms with van der Waals surface area (Å²) >= 11 is 0. The monoisotopic (exact) mass is 411 g/mol. The van der Waals surface area contributed by atoms with Crippen LogP contribution in [0.5, 0.6) is 11.5 Å². The van der Waals surface area contributed by atoms with Crippen molar-refractivity contribution in [3.8, 4) is 11.5 Å². The molecule has 5 nitrogen and oxygen atoms in total. The summed E-state index contributed by atoms with van der Waals surface area (Å²) in [6.45, 7) is 8.87. The van der Waals surface area contributed by atoms with Crippen LogP contribution in [0.25, 0.3) is 0 Å². The van der Waals surface area contributed by atoms with Crippen LogP contribution in [-0.4, -0.2) is 38.9 Å². The third kappa shape index (κ3) is 5.76. The molecule has 2 aromatic rings. The molecule has 1 saturated heterocycles. The van der Waals surface area contributed by atoms with Gasteiger partial charge >= 0.3 is 0 Å². The second-order valence-corrected chi connectivity index (χ2v) is 8.14. The number of ether oxygens (including phenoxy) is 3. The molecule has 0 aliphatic carbocycles. The van der Waals surface area contributed by atoms with Crippen molar-refractivity contribution < 1.29 is 19.0 Å². The lowest BCUT2D eigenvalue weighted by Gasteiger charge is -2.38. The van der Waals surface area contributed by atoms with Gasteiger partial charge in [0, 0.05) is 25.2 Å². The Bertz CT molecular complexity index is 810. The minimum absolute atomic E-state index is 0.0113. The van der Waals surface area contributed by atoms with Crippen LogP contribution in [-0.2, 0) is 14.9 Å². The lowest BCUT2D eigenvalue weighted by atomic mass is 9.74. The standard InChI is InChI=1S/C25H33NO4/c1-4-29-22-10-8-21(9-11-22)25(12-14-28-15-13-25)18-26-24(27)17-30-23-7-5-6-20(16-23)19(2)3/h5-11,16,19H,4,12-15,17-18H2,1-3H3,(H,26,27). The fourth-order valence-electron chi connectivity index (χ4n) is 3.83. The second kappa shape index (κ2) is 10.5. The number of benzene rings is 2. The zero-order valence-corrected chi connectivity index (χ0v) is 18.3. The first-order chi connectivity index (χ1) is 14.5. The first kappa shape index (κ1) is 22.2. The predicted octanol–water partition coefficient (Wildman–Crippen LogP) is 4.45. The van der Waals surface area contributed by atoms with E-state index in [0.29, 0.717) is 32.3 Å². The summed E-state index contributed by atoms with van der Waals surface area (Å²) in [5.74, 6) is 1.90. The Kier molecular flexibility index (Phi) is 7.75. The molecule has 162 valence electrons. The molecule has 0 bridgehead atoms. The largest absolute Gasteiger partial charge is 0.494 e. The second-order valence-electron chi connectivity index (χ2n) is 8.14. The van der Waals surface area contributed by atoms with Crippen molar-refractivity contribution in [1.82, 2.24) is 5.32 Å². The number of hydrogen-bond donors (Lipinski definition) is 1. The first-order valence-electron chi connectivity index (χ1n) is 10.8. The zero-order valence-electron chi connectivity index (χ0n) is 18.3. The highest BCUT2D eigenvalue weighted by Crippen LogP contribution is 2.35. The lowest BCUT2D eigenvalue weighted by molar-refractivity contribution is -0.123. The van der Waals surface area contributed by atoms with Gasteiger partial charge in [-0.15, -0.1) is 0 Å². The normalized spacial score (nSPS) is 15.6. The van der Waals surface area contributed by atoms with Crippen molar-refractivity contribution in [2.45, 2.75) is 44.9 Å². The molecule has 30 heavy (non-hydrogen) atoms. The van der Waals surface area contributed by atoms with E-state index in [4.69, 9.17) is 14.2 Å². The quantitative estimate of drug-likeness (QED) is 0.662. The van der Waals surface area contributed by atoms with E-state index in [1.165, 1.54) is 11.1 Å². The summed E-state index contributed by atoms with van der Waals surface area (Å²) in [5, 5.41) is 3.09. The van der Waals surface area contributed by atoms with Gasteiger partial charge < -0.3 is 19.5 Å². The maximum atomic E-state index is 12.5. The van der Waals surface area contributed by atoms with E-state index in [2.05, 4.69) is 37.4 Å². The number of amides is 1. The number of hydrogen-bond acceptors (Lipinski definition) is 4. The summed E-state index contributed by atoms with van der Waals surface area (Å²) < 4.78 is 16.9. The number of carbonyl (C=O) groups excluding carboxylic acids is 1. The van der Waals surface area contributed by atoms with Gasteiger partial charge in [0.15, 0.2) is 6.61 Å². The first-order valence-corrected chi connectivity index (χ1v) is 10.8. The van der Waals surface area contributed by atoms with Crippen LogP contribution in [0.4, 0.5) is 0 Å². The van der Waals surface area contributed by atoms with E-state index in [-0.39, 0.29) is 17.9 Å². The summed E-state index contributed by atoms with van der Waals surface area (Å²) in [6, 6.07) is 16.1. The molecule has 0 aromatic heterocycles. The molecule has 5 heteroatoms. The van der Waals surface area contributed by atoms with Gasteiger partial charge in [0.25, 0.3) is 5.91 Å². The Labute approximate surface area is 179 Å². The van der Waals surface area contributed by atoms with Crippen molar-refractivity contribution in [2.24, 2.45) is 0 Å². The van der Waals surface area contributed by atoms with Crippen LogP contribution in [0, 0.1) is 0 Å². The Morgan fingerprint density at radius 1 is 1.07 bits per heavy atom. The summed E-state index contributed by atoms with van der Waals surface area (Å²) in [5.41, 5.74) is 2.28. The highest BCUT2D eigenvalue weighted by atomic mass is 16.5. The van der Waals surface area contributed by atoms with Gasteiger partial charge in [-0.3, -0.25) is 4.79 Å². The van der Waals surface area contributed by atoms with Gasteiger partial charge in [0.1, 0.15) is 11.5 Å². The summed E-state index contributed by atoms with van der Waals surface area (Å²) in [7, 11) is 0. The Hall–Kier alpha value is -2.53. The van der Waals surface area contributed by atoms with E-state index in [0.717, 1.165) is 24.3 Å². The predicted molar refractivity (Wildman–Crippen MR) is 118 cm³/mol. The van der Waals surface area contributed by atoms with E-state index in [9.17, 15) is 4.79 Å². The van der Waals surface area contributed by atoms with Gasteiger partial charge in [0.2, 0.25) is 0 Å². The summed E-state index contributed by atoms with van der Waals surface area (Å²) in [4.78, 5) is 12.5. The topological polar surface area (TPSA) is 56.8 Å². The van der Waals surface area contributed by atoms with Crippen LogP contribution in [0.1, 0.15) is 50.7 Å². The van der Waals surface area contributed by atoms with Crippen molar-refractivity contribution in [3.63, 3.8) is 0 Å². The molecule has 0 saturated carbocycles. The SMILES string of the molecule is CCOc1ccc(C2(CNC(=O)COc3cccc(C(C)C)c3)CCOCC2)cc1. The molecule has 2 aromatic carbocycles. The van der Waals surface area contributed by atoms with Gasteiger partial charge in [-0.2, -0.15) is 0 Å². The van der Waals surface area contributed by atoms with Gasteiger partial charge in [-0.25, -0.2) is 0 Å². The fraction of sp³-hybridized carbons (Fsp3) is 0.480. The smallest absolute Gasteiger partial charge is 0.257 e. The lowest BCUT2D eigenvalue weighted by Crippen LogP contribution is -2.45. The molecule has 0 radical (unpaired) electrons. The maximum absolute atomic E-state index is 12.5. The van der Waals surface area contributed by atoms with Gasteiger partial charge in [-0.05, 0) is 61.1 Å². The molecule has 1 aliphatic heterocycles. The van der Waals surface area contributed by atoms with E-state index >= 15 is 0 Å². The average Bonchev–Trinajstić information content (AvgIpc) is 2.78.